The van der Waals surface area contributed by atoms with E-state index in [1.54, 1.807) is 4.90 Å². The first-order valence-corrected chi connectivity index (χ1v) is 9.58. The molecule has 0 bridgehead atoms. The van der Waals surface area contributed by atoms with Gasteiger partial charge in [0.1, 0.15) is 5.82 Å². The van der Waals surface area contributed by atoms with Gasteiger partial charge in [0.25, 0.3) is 0 Å². The lowest BCUT2D eigenvalue weighted by Gasteiger charge is -2.33. The van der Waals surface area contributed by atoms with Crippen molar-refractivity contribution in [2.24, 2.45) is 11.3 Å². The molecule has 3 heterocycles. The number of benzene rings is 1. The van der Waals surface area contributed by atoms with Gasteiger partial charge in [0.15, 0.2) is 0 Å². The van der Waals surface area contributed by atoms with E-state index in [4.69, 9.17) is 4.74 Å². The summed E-state index contributed by atoms with van der Waals surface area (Å²) in [6.45, 7) is 4.24. The monoisotopic (exact) mass is 371 g/mol. The summed E-state index contributed by atoms with van der Waals surface area (Å²) in [6, 6.07) is 7.94. The number of carboxylic acid groups (broad SMARTS) is 1. The van der Waals surface area contributed by atoms with E-state index < -0.39 is 11.4 Å². The van der Waals surface area contributed by atoms with Gasteiger partial charge >= 0.3 is 5.97 Å². The van der Waals surface area contributed by atoms with Crippen molar-refractivity contribution in [1.29, 1.82) is 0 Å². The number of amides is 1. The number of para-hydroxylation sites is 2. The summed E-state index contributed by atoms with van der Waals surface area (Å²) < 4.78 is 7.57. The molecular weight excluding hydrogens is 346 g/mol. The number of nitrogens with zero attached hydrogens (tertiary/aromatic N) is 3. The number of fused-ring (bicyclic) bond motifs is 2. The Hall–Kier alpha value is -2.41. The minimum atomic E-state index is -0.843. The van der Waals surface area contributed by atoms with Crippen LogP contribution in [0.1, 0.15) is 25.6 Å². The molecule has 2 saturated heterocycles. The van der Waals surface area contributed by atoms with Crippen molar-refractivity contribution < 1.29 is 19.4 Å². The zero-order valence-corrected chi connectivity index (χ0v) is 15.6. The van der Waals surface area contributed by atoms with Crippen molar-refractivity contribution >= 4 is 22.9 Å². The highest BCUT2D eigenvalue weighted by Crippen LogP contribution is 2.42. The van der Waals surface area contributed by atoms with Gasteiger partial charge in [0, 0.05) is 45.0 Å². The third kappa shape index (κ3) is 3.00. The third-order valence-electron chi connectivity index (χ3n) is 6.08. The van der Waals surface area contributed by atoms with Gasteiger partial charge in [-0.05, 0) is 18.6 Å². The third-order valence-corrected chi connectivity index (χ3v) is 6.08. The molecule has 0 saturated carbocycles. The number of hydrogen-bond acceptors (Lipinski definition) is 4. The normalized spacial score (nSPS) is 24.9. The number of aliphatic carboxylic acids is 1. The van der Waals surface area contributed by atoms with Gasteiger partial charge in [-0.15, -0.1) is 0 Å². The van der Waals surface area contributed by atoms with Crippen LogP contribution in [0.25, 0.3) is 11.0 Å². The summed E-state index contributed by atoms with van der Waals surface area (Å²) in [4.78, 5) is 31.1. The van der Waals surface area contributed by atoms with Crippen LogP contribution >= 0.6 is 0 Å². The molecule has 2 aromatic rings. The Morgan fingerprint density at radius 1 is 1.37 bits per heavy atom. The van der Waals surface area contributed by atoms with E-state index in [0.29, 0.717) is 45.7 Å². The van der Waals surface area contributed by atoms with Crippen molar-refractivity contribution in [3.05, 3.63) is 30.1 Å². The number of rotatable bonds is 5. The first kappa shape index (κ1) is 18.0. The van der Waals surface area contributed by atoms with Crippen LogP contribution in [0.15, 0.2) is 24.3 Å². The van der Waals surface area contributed by atoms with Gasteiger partial charge in [-0.25, -0.2) is 4.98 Å². The molecule has 144 valence electrons. The standard InChI is InChI=1S/C20H25N3O4/c1-2-17-21-15-5-3-4-6-16(15)23(17)9-7-18(24)22-11-14-12-27-10-8-20(14,13-22)19(25)26/h3-6,14H,2,7-13H2,1H3,(H,25,26)/t14-,20+/m1/s1. The predicted molar refractivity (Wildman–Crippen MR) is 99.3 cm³/mol. The van der Waals surface area contributed by atoms with Gasteiger partial charge in [0.2, 0.25) is 5.91 Å². The molecule has 2 fully saturated rings. The summed E-state index contributed by atoms with van der Waals surface area (Å²) >= 11 is 0. The second-order valence-electron chi connectivity index (χ2n) is 7.53. The van der Waals surface area contributed by atoms with Gasteiger partial charge < -0.3 is 19.3 Å². The van der Waals surface area contributed by atoms with Crippen LogP contribution in [0.3, 0.4) is 0 Å². The summed E-state index contributed by atoms with van der Waals surface area (Å²) in [7, 11) is 0. The summed E-state index contributed by atoms with van der Waals surface area (Å²) in [6.07, 6.45) is 1.62. The number of hydrogen-bond donors (Lipinski definition) is 1. The molecule has 4 rings (SSSR count). The molecule has 7 heteroatoms. The number of aryl methyl sites for hydroxylation is 2. The first-order chi connectivity index (χ1) is 13.0. The second kappa shape index (κ2) is 6.96. The van der Waals surface area contributed by atoms with Crippen LogP contribution in [0.5, 0.6) is 0 Å². The van der Waals surface area contributed by atoms with E-state index in [1.807, 2.05) is 24.3 Å². The fourth-order valence-electron chi connectivity index (χ4n) is 4.50. The number of imidazole rings is 1. The van der Waals surface area contributed by atoms with Crippen LogP contribution in [-0.2, 0) is 27.3 Å². The smallest absolute Gasteiger partial charge is 0.311 e. The summed E-state index contributed by atoms with van der Waals surface area (Å²) in [5.74, 6) is 0.0484. The molecule has 0 unspecified atom stereocenters. The minimum absolute atomic E-state index is 0.00450. The summed E-state index contributed by atoms with van der Waals surface area (Å²) in [5, 5.41) is 9.76. The molecule has 0 spiro atoms. The Balaban J connectivity index is 1.49. The van der Waals surface area contributed by atoms with Crippen LogP contribution in [0.2, 0.25) is 0 Å². The van der Waals surface area contributed by atoms with Crippen molar-refractivity contribution in [2.75, 3.05) is 26.3 Å². The zero-order chi connectivity index (χ0) is 19.0. The van der Waals surface area contributed by atoms with Crippen LogP contribution in [0.4, 0.5) is 0 Å². The molecule has 1 N–H and O–H groups in total. The quantitative estimate of drug-likeness (QED) is 0.868. The van der Waals surface area contributed by atoms with Crippen LogP contribution in [-0.4, -0.2) is 57.7 Å². The van der Waals surface area contributed by atoms with Crippen molar-refractivity contribution in [1.82, 2.24) is 14.5 Å². The Labute approximate surface area is 157 Å². The van der Waals surface area contributed by atoms with E-state index in [2.05, 4.69) is 16.5 Å². The molecule has 1 aromatic carbocycles. The highest BCUT2D eigenvalue weighted by molar-refractivity contribution is 5.81. The maximum Gasteiger partial charge on any atom is 0.311 e. The Morgan fingerprint density at radius 2 is 2.19 bits per heavy atom. The van der Waals surface area contributed by atoms with Crippen molar-refractivity contribution in [3.63, 3.8) is 0 Å². The number of carboxylic acids is 1. The lowest BCUT2D eigenvalue weighted by Crippen LogP contribution is -2.45. The maximum atomic E-state index is 12.8. The van der Waals surface area contributed by atoms with Crippen LogP contribution in [0, 0.1) is 11.3 Å². The SMILES string of the molecule is CCc1nc2ccccc2n1CCC(=O)N1C[C@@H]2COCC[C@]2(C(=O)O)C1. The van der Waals surface area contributed by atoms with Gasteiger partial charge in [0.05, 0.1) is 23.1 Å². The van der Waals surface area contributed by atoms with Gasteiger partial charge in [-0.1, -0.05) is 19.1 Å². The van der Waals surface area contributed by atoms with E-state index in [1.165, 1.54) is 0 Å². The van der Waals surface area contributed by atoms with Crippen molar-refractivity contribution in [2.45, 2.75) is 32.7 Å². The molecule has 1 amide bonds. The number of likely N-dealkylation sites (tertiary alicyclic amines) is 1. The second-order valence-corrected chi connectivity index (χ2v) is 7.53. The first-order valence-electron chi connectivity index (χ1n) is 9.58. The molecule has 0 radical (unpaired) electrons. The lowest BCUT2D eigenvalue weighted by molar-refractivity contribution is -0.157. The number of carbonyl (C=O) groups is 2. The largest absolute Gasteiger partial charge is 0.481 e. The Morgan fingerprint density at radius 3 is 2.93 bits per heavy atom. The Bertz CT molecular complexity index is 877. The van der Waals surface area contributed by atoms with Gasteiger partial charge in [-0.3, -0.25) is 9.59 Å². The van der Waals surface area contributed by atoms with Crippen LogP contribution < -0.4 is 0 Å². The van der Waals surface area contributed by atoms with E-state index in [9.17, 15) is 14.7 Å². The maximum absolute atomic E-state index is 12.8. The topological polar surface area (TPSA) is 84.7 Å². The molecule has 0 aliphatic carbocycles. The molecule has 27 heavy (non-hydrogen) atoms. The Kier molecular flexibility index (Phi) is 4.63. The number of carbonyl (C=O) groups excluding carboxylic acids is 1. The van der Waals surface area contributed by atoms with Crippen molar-refractivity contribution in [3.8, 4) is 0 Å². The van der Waals surface area contributed by atoms with E-state index in [-0.39, 0.29) is 11.8 Å². The zero-order valence-electron chi connectivity index (χ0n) is 15.6. The minimum Gasteiger partial charge on any atom is -0.481 e. The molecule has 2 atom stereocenters. The summed E-state index contributed by atoms with van der Waals surface area (Å²) in [5.41, 5.74) is 1.13. The predicted octanol–water partition coefficient (Wildman–Crippen LogP) is 1.94. The highest BCUT2D eigenvalue weighted by atomic mass is 16.5. The molecule has 2 aliphatic heterocycles. The average Bonchev–Trinajstić information content (AvgIpc) is 3.25. The number of aromatic nitrogens is 2. The van der Waals surface area contributed by atoms with E-state index >= 15 is 0 Å². The molecular formula is C20H25N3O4. The van der Waals surface area contributed by atoms with Gasteiger partial charge in [-0.2, -0.15) is 0 Å². The molecule has 2 aliphatic rings. The lowest BCUT2D eigenvalue weighted by atomic mass is 9.74. The number of ether oxygens (including phenoxy) is 1. The van der Waals surface area contributed by atoms with E-state index in [0.717, 1.165) is 23.3 Å². The fourth-order valence-corrected chi connectivity index (χ4v) is 4.50. The molecule has 7 nitrogen and oxygen atoms in total. The fraction of sp³-hybridized carbons (Fsp3) is 0.550. The molecule has 1 aromatic heterocycles. The highest BCUT2D eigenvalue weighted by Gasteiger charge is 2.54. The average molecular weight is 371 g/mol.